The second-order valence-electron chi connectivity index (χ2n) is 7.23. The van der Waals surface area contributed by atoms with Crippen LogP contribution in [0, 0.1) is 5.41 Å². The van der Waals surface area contributed by atoms with Gasteiger partial charge in [-0.05, 0) is 24.3 Å². The van der Waals surface area contributed by atoms with Gasteiger partial charge in [0.2, 0.25) is 0 Å². The van der Waals surface area contributed by atoms with Crippen LogP contribution in [-0.4, -0.2) is 36.4 Å². The lowest BCUT2D eigenvalue weighted by molar-refractivity contribution is -0.148. The maximum Gasteiger partial charge on any atom is 0.145 e. The molecule has 0 amide bonds. The van der Waals surface area contributed by atoms with Crippen LogP contribution in [0.1, 0.15) is 0 Å². The van der Waals surface area contributed by atoms with Crippen molar-refractivity contribution in [2.75, 3.05) is 26.4 Å². The zero-order valence-electron chi connectivity index (χ0n) is 15.4. The first kappa shape index (κ1) is 17.0. The van der Waals surface area contributed by atoms with Gasteiger partial charge in [-0.2, -0.15) is 0 Å². The normalized spacial score (nSPS) is 15.3. The Morgan fingerprint density at radius 2 is 1.21 bits per heavy atom. The summed E-state index contributed by atoms with van der Waals surface area (Å²) < 4.78 is 17.8. The molecule has 0 bridgehead atoms. The summed E-state index contributed by atoms with van der Waals surface area (Å²) in [6, 6.07) is 19.9. The van der Waals surface area contributed by atoms with Gasteiger partial charge in [-0.25, -0.2) is 0 Å². The van der Waals surface area contributed by atoms with Gasteiger partial charge in [-0.15, -0.1) is 0 Å². The molecule has 0 atom stereocenters. The fourth-order valence-electron chi connectivity index (χ4n) is 3.45. The van der Waals surface area contributed by atoms with Crippen LogP contribution in [0.2, 0.25) is 0 Å². The average molecular weight is 372 g/mol. The first-order valence-corrected chi connectivity index (χ1v) is 9.34. The first-order chi connectivity index (χ1) is 13.8. The lowest BCUT2D eigenvalue weighted by Crippen LogP contribution is -2.51. The van der Waals surface area contributed by atoms with Crippen LogP contribution >= 0.6 is 0 Å². The SMILES string of the molecule is c1cnc2c(OCC3(COc4cccc5cccnc45)COC3)cccc2c1. The molecule has 5 nitrogen and oxygen atoms in total. The topological polar surface area (TPSA) is 53.5 Å². The number of rotatable bonds is 6. The standard InChI is InChI=1S/C23H20N2O3/c1-5-17-7-3-11-24-21(17)19(9-1)27-15-23(13-26-14-23)16-28-20-10-2-6-18-8-4-12-25-22(18)20/h1-12H,13-16H2. The number of benzene rings is 2. The zero-order valence-corrected chi connectivity index (χ0v) is 15.4. The number of nitrogens with zero attached hydrogens (tertiary/aromatic N) is 2. The average Bonchev–Trinajstić information content (AvgIpc) is 2.73. The van der Waals surface area contributed by atoms with Crippen LogP contribution in [0.3, 0.4) is 0 Å². The summed E-state index contributed by atoms with van der Waals surface area (Å²) >= 11 is 0. The summed E-state index contributed by atoms with van der Waals surface area (Å²) in [5.41, 5.74) is 1.58. The molecule has 28 heavy (non-hydrogen) atoms. The van der Waals surface area contributed by atoms with Gasteiger partial charge < -0.3 is 14.2 Å². The lowest BCUT2D eigenvalue weighted by Gasteiger charge is -2.40. The van der Waals surface area contributed by atoms with Crippen molar-refractivity contribution < 1.29 is 14.2 Å². The second kappa shape index (κ2) is 7.09. The van der Waals surface area contributed by atoms with Gasteiger partial charge in [0, 0.05) is 23.2 Å². The molecule has 3 heterocycles. The van der Waals surface area contributed by atoms with Crippen molar-refractivity contribution in [3.63, 3.8) is 0 Å². The van der Waals surface area contributed by atoms with Crippen LogP contribution in [0.5, 0.6) is 11.5 Å². The van der Waals surface area contributed by atoms with Crippen LogP contribution in [0.25, 0.3) is 21.8 Å². The minimum absolute atomic E-state index is 0.173. The van der Waals surface area contributed by atoms with Crippen LogP contribution in [0.15, 0.2) is 73.1 Å². The summed E-state index contributed by atoms with van der Waals surface area (Å²) in [6.07, 6.45) is 3.57. The molecule has 0 unspecified atom stereocenters. The highest BCUT2D eigenvalue weighted by atomic mass is 16.5. The largest absolute Gasteiger partial charge is 0.490 e. The molecule has 0 spiro atoms. The molecule has 5 heteroatoms. The summed E-state index contributed by atoms with van der Waals surface area (Å²) in [4.78, 5) is 8.92. The van der Waals surface area contributed by atoms with Gasteiger partial charge in [-0.3, -0.25) is 9.97 Å². The van der Waals surface area contributed by atoms with E-state index >= 15 is 0 Å². The predicted octanol–water partition coefficient (Wildman–Crippen LogP) is 4.26. The van der Waals surface area contributed by atoms with Gasteiger partial charge in [0.1, 0.15) is 35.7 Å². The third-order valence-corrected chi connectivity index (χ3v) is 5.08. The molecule has 4 aromatic rings. The number of fused-ring (bicyclic) bond motifs is 2. The molecule has 140 valence electrons. The van der Waals surface area contributed by atoms with E-state index in [0.717, 1.165) is 33.3 Å². The third kappa shape index (κ3) is 3.14. The number of ether oxygens (including phenoxy) is 3. The Morgan fingerprint density at radius 3 is 1.68 bits per heavy atom. The highest BCUT2D eigenvalue weighted by molar-refractivity contribution is 5.84. The number of pyridine rings is 2. The Kier molecular flexibility index (Phi) is 4.29. The molecule has 0 radical (unpaired) electrons. The fraction of sp³-hybridized carbons (Fsp3) is 0.217. The molecule has 1 saturated heterocycles. The maximum atomic E-state index is 6.16. The quantitative estimate of drug-likeness (QED) is 0.506. The Labute approximate surface area is 162 Å². The van der Waals surface area contributed by atoms with Crippen LogP contribution in [-0.2, 0) is 4.74 Å². The van der Waals surface area contributed by atoms with Crippen molar-refractivity contribution >= 4 is 21.8 Å². The molecule has 1 fully saturated rings. The highest BCUT2D eigenvalue weighted by Crippen LogP contribution is 2.33. The second-order valence-corrected chi connectivity index (χ2v) is 7.23. The van der Waals surface area contributed by atoms with Gasteiger partial charge in [-0.1, -0.05) is 36.4 Å². The number of aromatic nitrogens is 2. The summed E-state index contributed by atoms with van der Waals surface area (Å²) in [5.74, 6) is 1.58. The van der Waals surface area contributed by atoms with Gasteiger partial charge in [0.25, 0.3) is 0 Å². The maximum absolute atomic E-state index is 6.16. The number of hydrogen-bond donors (Lipinski definition) is 0. The molecule has 0 aliphatic carbocycles. The van der Waals surface area contributed by atoms with E-state index in [1.54, 1.807) is 12.4 Å². The van der Waals surface area contributed by atoms with E-state index in [2.05, 4.69) is 9.97 Å². The van der Waals surface area contributed by atoms with E-state index in [9.17, 15) is 0 Å². The van der Waals surface area contributed by atoms with E-state index in [-0.39, 0.29) is 5.41 Å². The van der Waals surface area contributed by atoms with E-state index in [0.29, 0.717) is 26.4 Å². The van der Waals surface area contributed by atoms with Gasteiger partial charge >= 0.3 is 0 Å². The van der Waals surface area contributed by atoms with E-state index in [1.165, 1.54) is 0 Å². The molecule has 5 rings (SSSR count). The van der Waals surface area contributed by atoms with Gasteiger partial charge in [0.05, 0.1) is 18.6 Å². The van der Waals surface area contributed by atoms with Gasteiger partial charge in [0.15, 0.2) is 0 Å². The Hall–Kier alpha value is -3.18. The molecule has 1 aliphatic rings. The van der Waals surface area contributed by atoms with E-state index in [1.807, 2.05) is 60.7 Å². The van der Waals surface area contributed by atoms with Crippen molar-refractivity contribution in [1.82, 2.24) is 9.97 Å². The zero-order chi connectivity index (χ0) is 18.8. The smallest absolute Gasteiger partial charge is 0.145 e. The summed E-state index contributed by atoms with van der Waals surface area (Å²) in [7, 11) is 0. The number of hydrogen-bond acceptors (Lipinski definition) is 5. The van der Waals surface area contributed by atoms with E-state index in [4.69, 9.17) is 14.2 Å². The monoisotopic (exact) mass is 372 g/mol. The highest BCUT2D eigenvalue weighted by Gasteiger charge is 2.41. The van der Waals surface area contributed by atoms with Crippen LogP contribution < -0.4 is 9.47 Å². The predicted molar refractivity (Wildman–Crippen MR) is 108 cm³/mol. The molecule has 0 N–H and O–H groups in total. The van der Waals surface area contributed by atoms with Crippen molar-refractivity contribution in [3.8, 4) is 11.5 Å². The Balaban J connectivity index is 1.32. The lowest BCUT2D eigenvalue weighted by atomic mass is 9.88. The summed E-state index contributed by atoms with van der Waals surface area (Å²) in [5, 5.41) is 2.13. The summed E-state index contributed by atoms with van der Waals surface area (Å²) in [6.45, 7) is 2.26. The Morgan fingerprint density at radius 1 is 0.714 bits per heavy atom. The molecular weight excluding hydrogens is 352 g/mol. The third-order valence-electron chi connectivity index (χ3n) is 5.08. The fourth-order valence-corrected chi connectivity index (χ4v) is 3.45. The molecule has 1 aliphatic heterocycles. The molecule has 2 aromatic heterocycles. The minimum Gasteiger partial charge on any atom is -0.490 e. The van der Waals surface area contributed by atoms with Crippen molar-refractivity contribution in [3.05, 3.63) is 73.1 Å². The van der Waals surface area contributed by atoms with Crippen LogP contribution in [0.4, 0.5) is 0 Å². The molecular formula is C23H20N2O3. The molecule has 2 aromatic carbocycles. The van der Waals surface area contributed by atoms with Crippen molar-refractivity contribution in [2.24, 2.45) is 5.41 Å². The molecule has 0 saturated carbocycles. The first-order valence-electron chi connectivity index (χ1n) is 9.34. The Bertz CT molecular complexity index is 1030. The van der Waals surface area contributed by atoms with Crippen molar-refractivity contribution in [1.29, 1.82) is 0 Å². The van der Waals surface area contributed by atoms with Crippen molar-refractivity contribution in [2.45, 2.75) is 0 Å². The van der Waals surface area contributed by atoms with E-state index < -0.39 is 0 Å². The number of para-hydroxylation sites is 2. The minimum atomic E-state index is -0.173.